The number of aromatic nitrogens is 2. The molecule has 1 rings (SSSR count). The number of thiocarbonyl (C=S) groups is 1. The number of aryl methyl sites for hydroxylation is 1. The molecule has 0 aliphatic heterocycles. The molecule has 0 aliphatic rings. The van der Waals surface area contributed by atoms with Crippen LogP contribution in [-0.4, -0.2) is 27.6 Å². The van der Waals surface area contributed by atoms with Crippen molar-refractivity contribution >= 4 is 23.2 Å². The zero-order chi connectivity index (χ0) is 11.4. The van der Waals surface area contributed by atoms with Gasteiger partial charge in [0, 0.05) is 38.4 Å². The van der Waals surface area contributed by atoms with Crippen molar-refractivity contribution < 1.29 is 0 Å². The zero-order valence-electron chi connectivity index (χ0n) is 9.47. The Kier molecular flexibility index (Phi) is 4.08. The lowest BCUT2D eigenvalue weighted by Gasteiger charge is -2.24. The van der Waals surface area contributed by atoms with Crippen LogP contribution in [0.3, 0.4) is 0 Å². The lowest BCUT2D eigenvalue weighted by molar-refractivity contribution is 0.676. The molecule has 1 aromatic rings. The Hall–Kier alpha value is -1.10. The van der Waals surface area contributed by atoms with Gasteiger partial charge < -0.3 is 15.2 Å². The summed E-state index contributed by atoms with van der Waals surface area (Å²) in [6.45, 7) is 5.85. The van der Waals surface area contributed by atoms with Crippen LogP contribution < -0.4 is 10.6 Å². The largest absolute Gasteiger partial charge is 0.393 e. The van der Waals surface area contributed by atoms with E-state index < -0.39 is 0 Å². The Morgan fingerprint density at radius 2 is 2.40 bits per heavy atom. The normalized spacial score (nSPS) is 12.5. The van der Waals surface area contributed by atoms with Crippen LogP contribution in [0.5, 0.6) is 0 Å². The van der Waals surface area contributed by atoms with Gasteiger partial charge in [0.15, 0.2) is 0 Å². The molecule has 0 aromatic carbocycles. The van der Waals surface area contributed by atoms with Crippen molar-refractivity contribution in [3.63, 3.8) is 0 Å². The average Bonchev–Trinajstić information content (AvgIpc) is 2.60. The number of hydrogen-bond acceptors (Lipinski definition) is 3. The highest BCUT2D eigenvalue weighted by Crippen LogP contribution is 2.11. The number of imidazole rings is 1. The lowest BCUT2D eigenvalue weighted by atomic mass is 10.2. The first-order chi connectivity index (χ1) is 7.06. The third kappa shape index (κ3) is 2.92. The average molecular weight is 226 g/mol. The third-order valence-electron chi connectivity index (χ3n) is 2.44. The maximum atomic E-state index is 5.61. The van der Waals surface area contributed by atoms with Gasteiger partial charge in [0.05, 0.1) is 4.99 Å². The van der Waals surface area contributed by atoms with Gasteiger partial charge in [-0.25, -0.2) is 4.98 Å². The van der Waals surface area contributed by atoms with Gasteiger partial charge in [0.1, 0.15) is 0 Å². The Balaban J connectivity index is 2.73. The molecule has 4 nitrogen and oxygen atoms in total. The molecular formula is C10H18N4S. The second kappa shape index (κ2) is 5.11. The van der Waals surface area contributed by atoms with Crippen LogP contribution >= 0.6 is 12.2 Å². The van der Waals surface area contributed by atoms with Gasteiger partial charge in [0.2, 0.25) is 5.95 Å². The predicted molar refractivity (Wildman–Crippen MR) is 67.0 cm³/mol. The van der Waals surface area contributed by atoms with Gasteiger partial charge in [-0.1, -0.05) is 19.1 Å². The van der Waals surface area contributed by atoms with Crippen molar-refractivity contribution in [2.24, 2.45) is 18.7 Å². The van der Waals surface area contributed by atoms with E-state index >= 15 is 0 Å². The van der Waals surface area contributed by atoms with Crippen molar-refractivity contribution in [3.8, 4) is 0 Å². The minimum atomic E-state index is 0.205. The molecule has 2 N–H and O–H groups in total. The van der Waals surface area contributed by atoms with Crippen LogP contribution in [0.15, 0.2) is 12.4 Å². The van der Waals surface area contributed by atoms with E-state index in [9.17, 15) is 0 Å². The molecule has 15 heavy (non-hydrogen) atoms. The summed E-state index contributed by atoms with van der Waals surface area (Å²) in [6, 6.07) is 0. The van der Waals surface area contributed by atoms with E-state index in [2.05, 4.69) is 16.8 Å². The van der Waals surface area contributed by atoms with Crippen LogP contribution in [0.2, 0.25) is 0 Å². The Labute approximate surface area is 96.1 Å². The summed E-state index contributed by atoms with van der Waals surface area (Å²) in [7, 11) is 1.98. The molecule has 1 heterocycles. The van der Waals surface area contributed by atoms with E-state index in [1.165, 1.54) is 0 Å². The van der Waals surface area contributed by atoms with Crippen LogP contribution in [0.25, 0.3) is 0 Å². The van der Waals surface area contributed by atoms with Crippen molar-refractivity contribution in [1.29, 1.82) is 0 Å². The maximum Gasteiger partial charge on any atom is 0.205 e. The van der Waals surface area contributed by atoms with Gasteiger partial charge >= 0.3 is 0 Å². The number of nitrogens with zero attached hydrogens (tertiary/aromatic N) is 3. The molecule has 0 saturated heterocycles. The molecule has 1 atom stereocenters. The van der Waals surface area contributed by atoms with Gasteiger partial charge in [-0.3, -0.25) is 0 Å². The van der Waals surface area contributed by atoms with E-state index in [0.717, 1.165) is 19.0 Å². The molecule has 0 radical (unpaired) electrons. The lowest BCUT2D eigenvalue weighted by Crippen LogP contribution is -2.35. The number of rotatable bonds is 5. The summed E-state index contributed by atoms with van der Waals surface area (Å²) in [4.78, 5) is 7.03. The fourth-order valence-corrected chi connectivity index (χ4v) is 1.51. The maximum absolute atomic E-state index is 5.61. The molecular weight excluding hydrogens is 208 g/mol. The SMILES string of the molecule is CCN(CC(C)C(N)=S)c1nccn1C. The van der Waals surface area contributed by atoms with Gasteiger partial charge in [-0.15, -0.1) is 0 Å². The smallest absolute Gasteiger partial charge is 0.205 e. The topological polar surface area (TPSA) is 47.1 Å². The highest BCUT2D eigenvalue weighted by Gasteiger charge is 2.14. The minimum Gasteiger partial charge on any atom is -0.393 e. The minimum absolute atomic E-state index is 0.205. The summed E-state index contributed by atoms with van der Waals surface area (Å²) in [5, 5.41) is 0. The molecule has 1 aromatic heterocycles. The molecule has 0 amide bonds. The first-order valence-electron chi connectivity index (χ1n) is 5.07. The number of hydrogen-bond donors (Lipinski definition) is 1. The molecule has 1 unspecified atom stereocenters. The third-order valence-corrected chi connectivity index (χ3v) is 2.84. The number of nitrogens with two attached hydrogens (primary N) is 1. The molecule has 0 aliphatic carbocycles. The van der Waals surface area contributed by atoms with Gasteiger partial charge in [-0.2, -0.15) is 0 Å². The van der Waals surface area contributed by atoms with E-state index in [-0.39, 0.29) is 5.92 Å². The first-order valence-corrected chi connectivity index (χ1v) is 5.48. The second-order valence-corrected chi connectivity index (χ2v) is 4.15. The molecule has 84 valence electrons. The van der Waals surface area contributed by atoms with E-state index in [4.69, 9.17) is 18.0 Å². The summed E-state index contributed by atoms with van der Waals surface area (Å²) in [5.41, 5.74) is 5.61. The van der Waals surface area contributed by atoms with Crippen molar-refractivity contribution in [2.45, 2.75) is 13.8 Å². The van der Waals surface area contributed by atoms with Crippen molar-refractivity contribution in [3.05, 3.63) is 12.4 Å². The van der Waals surface area contributed by atoms with Gasteiger partial charge in [0.25, 0.3) is 0 Å². The quantitative estimate of drug-likeness (QED) is 0.766. The standard InChI is InChI=1S/C10H18N4S/c1-4-14(7-8(2)9(11)15)10-12-5-6-13(10)3/h5-6,8H,4,7H2,1-3H3,(H2,11,15). The van der Waals surface area contributed by atoms with Crippen LogP contribution in [0.1, 0.15) is 13.8 Å². The second-order valence-electron chi connectivity index (χ2n) is 3.68. The molecule has 0 fully saturated rings. The Morgan fingerprint density at radius 3 is 2.80 bits per heavy atom. The van der Waals surface area contributed by atoms with Crippen LogP contribution in [0, 0.1) is 5.92 Å². The predicted octanol–water partition coefficient (Wildman–Crippen LogP) is 1.17. The molecule has 0 saturated carbocycles. The van der Waals surface area contributed by atoms with Crippen LogP contribution in [-0.2, 0) is 7.05 Å². The zero-order valence-corrected chi connectivity index (χ0v) is 10.3. The summed E-state index contributed by atoms with van der Waals surface area (Å²) >= 11 is 4.97. The Morgan fingerprint density at radius 1 is 1.73 bits per heavy atom. The van der Waals surface area contributed by atoms with Crippen molar-refractivity contribution in [2.75, 3.05) is 18.0 Å². The molecule has 0 bridgehead atoms. The Bertz CT molecular complexity index is 334. The fraction of sp³-hybridized carbons (Fsp3) is 0.600. The molecule has 0 spiro atoms. The number of anilines is 1. The van der Waals surface area contributed by atoms with E-state index in [1.807, 2.05) is 24.7 Å². The monoisotopic (exact) mass is 226 g/mol. The fourth-order valence-electron chi connectivity index (χ4n) is 1.44. The first kappa shape index (κ1) is 12.0. The van der Waals surface area contributed by atoms with Gasteiger partial charge in [-0.05, 0) is 6.92 Å². The van der Waals surface area contributed by atoms with Crippen LogP contribution in [0.4, 0.5) is 5.95 Å². The van der Waals surface area contributed by atoms with Crippen molar-refractivity contribution in [1.82, 2.24) is 9.55 Å². The van der Waals surface area contributed by atoms with E-state index in [0.29, 0.717) is 4.99 Å². The summed E-state index contributed by atoms with van der Waals surface area (Å²) in [5.74, 6) is 1.16. The highest BCUT2D eigenvalue weighted by molar-refractivity contribution is 7.80. The highest BCUT2D eigenvalue weighted by atomic mass is 32.1. The summed E-state index contributed by atoms with van der Waals surface area (Å²) < 4.78 is 2.00. The molecule has 5 heteroatoms. The van der Waals surface area contributed by atoms with E-state index in [1.54, 1.807) is 6.20 Å². The summed E-state index contributed by atoms with van der Waals surface area (Å²) in [6.07, 6.45) is 3.73.